The molecule has 2 atom stereocenters. The number of likely N-dealkylation sites (N-methyl/N-ethyl adjacent to an activating group) is 1. The Kier molecular flexibility index (Phi) is 2.89. The Morgan fingerprint density at radius 1 is 1.31 bits per heavy atom. The van der Waals surface area contributed by atoms with Crippen molar-refractivity contribution in [2.45, 2.75) is 45.2 Å². The molecule has 1 aliphatic heterocycles. The molecule has 76 valence electrons. The van der Waals surface area contributed by atoms with Crippen molar-refractivity contribution in [3.05, 3.63) is 0 Å². The van der Waals surface area contributed by atoms with Gasteiger partial charge in [0.05, 0.1) is 0 Å². The largest absolute Gasteiger partial charge is 0.311 e. The maximum absolute atomic E-state index is 3.66. The summed E-state index contributed by atoms with van der Waals surface area (Å²) < 4.78 is 0. The summed E-state index contributed by atoms with van der Waals surface area (Å²) >= 11 is 0. The molecule has 0 bridgehead atoms. The summed E-state index contributed by atoms with van der Waals surface area (Å²) in [6, 6.07) is 1.60. The van der Waals surface area contributed by atoms with Crippen LogP contribution >= 0.6 is 0 Å². The van der Waals surface area contributed by atoms with Crippen molar-refractivity contribution in [2.75, 3.05) is 19.6 Å². The van der Waals surface area contributed by atoms with Crippen molar-refractivity contribution in [2.24, 2.45) is 5.92 Å². The van der Waals surface area contributed by atoms with Crippen LogP contribution in [0.4, 0.5) is 0 Å². The van der Waals surface area contributed by atoms with E-state index < -0.39 is 0 Å². The molecule has 0 aromatic heterocycles. The standard InChI is InChI=1S/C11H22N2/c1-3-10-8-13(4-2)11(7-12-10)9-5-6-9/h9-12H,3-8H2,1-2H3. The number of hydrogen-bond donors (Lipinski definition) is 1. The second-order valence-corrected chi connectivity index (χ2v) is 4.51. The van der Waals surface area contributed by atoms with E-state index >= 15 is 0 Å². The molecule has 1 saturated heterocycles. The molecule has 1 saturated carbocycles. The average Bonchev–Trinajstić information content (AvgIpc) is 3.00. The zero-order chi connectivity index (χ0) is 9.26. The Bertz CT molecular complexity index is 165. The first-order valence-electron chi connectivity index (χ1n) is 5.82. The second kappa shape index (κ2) is 3.97. The van der Waals surface area contributed by atoms with Gasteiger partial charge in [-0.15, -0.1) is 0 Å². The van der Waals surface area contributed by atoms with Crippen LogP contribution in [0.2, 0.25) is 0 Å². The van der Waals surface area contributed by atoms with Crippen molar-refractivity contribution >= 4 is 0 Å². The molecule has 2 heteroatoms. The summed E-state index contributed by atoms with van der Waals surface area (Å²) in [6.45, 7) is 8.32. The first-order valence-corrected chi connectivity index (χ1v) is 5.82. The monoisotopic (exact) mass is 182 g/mol. The van der Waals surface area contributed by atoms with Crippen molar-refractivity contribution in [1.29, 1.82) is 0 Å². The molecule has 13 heavy (non-hydrogen) atoms. The molecule has 2 aliphatic rings. The van der Waals surface area contributed by atoms with E-state index in [1.54, 1.807) is 0 Å². The van der Waals surface area contributed by atoms with Crippen molar-refractivity contribution in [1.82, 2.24) is 10.2 Å². The topological polar surface area (TPSA) is 15.3 Å². The third kappa shape index (κ3) is 2.05. The highest BCUT2D eigenvalue weighted by molar-refractivity contribution is 4.94. The number of nitrogens with one attached hydrogen (secondary N) is 1. The van der Waals surface area contributed by atoms with E-state index in [-0.39, 0.29) is 0 Å². The lowest BCUT2D eigenvalue weighted by atomic mass is 10.0. The first-order chi connectivity index (χ1) is 6.35. The molecular formula is C11H22N2. The van der Waals surface area contributed by atoms with Crippen LogP contribution in [0.25, 0.3) is 0 Å². The van der Waals surface area contributed by atoms with E-state index in [1.165, 1.54) is 38.9 Å². The lowest BCUT2D eigenvalue weighted by molar-refractivity contribution is 0.120. The summed E-state index contributed by atoms with van der Waals surface area (Å²) in [7, 11) is 0. The minimum absolute atomic E-state index is 0.745. The normalized spacial score (nSPS) is 36.5. The summed E-state index contributed by atoms with van der Waals surface area (Å²) in [5.41, 5.74) is 0. The predicted octanol–water partition coefficient (Wildman–Crippen LogP) is 1.47. The van der Waals surface area contributed by atoms with Gasteiger partial charge < -0.3 is 5.32 Å². The van der Waals surface area contributed by atoms with Crippen LogP contribution in [0.5, 0.6) is 0 Å². The van der Waals surface area contributed by atoms with E-state index in [0.29, 0.717) is 0 Å². The summed E-state index contributed by atoms with van der Waals surface area (Å²) in [5, 5.41) is 3.66. The molecule has 2 nitrogen and oxygen atoms in total. The Morgan fingerprint density at radius 3 is 2.62 bits per heavy atom. The van der Waals surface area contributed by atoms with E-state index in [9.17, 15) is 0 Å². The Hall–Kier alpha value is -0.0800. The van der Waals surface area contributed by atoms with Gasteiger partial charge in [-0.25, -0.2) is 0 Å². The van der Waals surface area contributed by atoms with Gasteiger partial charge in [0.2, 0.25) is 0 Å². The van der Waals surface area contributed by atoms with Crippen LogP contribution in [-0.2, 0) is 0 Å². The fourth-order valence-corrected chi connectivity index (χ4v) is 2.48. The summed E-state index contributed by atoms with van der Waals surface area (Å²) in [4.78, 5) is 2.68. The Balaban J connectivity index is 1.90. The minimum atomic E-state index is 0.745. The van der Waals surface area contributed by atoms with E-state index in [1.807, 2.05) is 0 Å². The third-order valence-electron chi connectivity index (χ3n) is 3.60. The van der Waals surface area contributed by atoms with Crippen LogP contribution in [0.3, 0.4) is 0 Å². The van der Waals surface area contributed by atoms with Crippen LogP contribution in [-0.4, -0.2) is 36.6 Å². The van der Waals surface area contributed by atoms with Gasteiger partial charge in [-0.3, -0.25) is 4.90 Å². The predicted molar refractivity (Wildman–Crippen MR) is 55.8 cm³/mol. The SMILES string of the molecule is CCC1CN(CC)C(C2CC2)CN1. The lowest BCUT2D eigenvalue weighted by Crippen LogP contribution is -2.56. The molecule has 0 aromatic carbocycles. The smallest absolute Gasteiger partial charge is 0.0249 e. The van der Waals surface area contributed by atoms with Crippen LogP contribution in [0.15, 0.2) is 0 Å². The fourth-order valence-electron chi connectivity index (χ4n) is 2.48. The fraction of sp³-hybridized carbons (Fsp3) is 1.00. The lowest BCUT2D eigenvalue weighted by Gasteiger charge is -2.40. The summed E-state index contributed by atoms with van der Waals surface area (Å²) in [5.74, 6) is 1.02. The quantitative estimate of drug-likeness (QED) is 0.711. The van der Waals surface area contributed by atoms with Crippen molar-refractivity contribution in [3.8, 4) is 0 Å². The van der Waals surface area contributed by atoms with Gasteiger partial charge in [0.1, 0.15) is 0 Å². The molecule has 2 rings (SSSR count). The highest BCUT2D eigenvalue weighted by Gasteiger charge is 2.37. The van der Waals surface area contributed by atoms with Crippen LogP contribution in [0.1, 0.15) is 33.1 Å². The number of hydrogen-bond acceptors (Lipinski definition) is 2. The highest BCUT2D eigenvalue weighted by Crippen LogP contribution is 2.36. The number of piperazine rings is 1. The second-order valence-electron chi connectivity index (χ2n) is 4.51. The Morgan fingerprint density at radius 2 is 2.08 bits per heavy atom. The highest BCUT2D eigenvalue weighted by atomic mass is 15.2. The van der Waals surface area contributed by atoms with Crippen LogP contribution in [0, 0.1) is 5.92 Å². The molecule has 2 fully saturated rings. The van der Waals surface area contributed by atoms with Crippen LogP contribution < -0.4 is 5.32 Å². The van der Waals surface area contributed by atoms with E-state index in [2.05, 4.69) is 24.1 Å². The van der Waals surface area contributed by atoms with Gasteiger partial charge in [-0.1, -0.05) is 13.8 Å². The van der Waals surface area contributed by atoms with Gasteiger partial charge in [-0.2, -0.15) is 0 Å². The maximum Gasteiger partial charge on any atom is 0.0249 e. The zero-order valence-electron chi connectivity index (χ0n) is 8.92. The molecule has 0 radical (unpaired) electrons. The van der Waals surface area contributed by atoms with E-state index in [0.717, 1.165) is 18.0 Å². The van der Waals surface area contributed by atoms with Gasteiger partial charge >= 0.3 is 0 Å². The number of rotatable bonds is 3. The molecule has 1 N–H and O–H groups in total. The van der Waals surface area contributed by atoms with Gasteiger partial charge in [0, 0.05) is 25.2 Å². The average molecular weight is 182 g/mol. The molecule has 1 heterocycles. The molecule has 2 unspecified atom stereocenters. The van der Waals surface area contributed by atoms with Gasteiger partial charge in [0.25, 0.3) is 0 Å². The maximum atomic E-state index is 3.66. The molecule has 1 aliphatic carbocycles. The Labute approximate surface area is 81.7 Å². The van der Waals surface area contributed by atoms with E-state index in [4.69, 9.17) is 0 Å². The summed E-state index contributed by atoms with van der Waals surface area (Å²) in [6.07, 6.45) is 4.22. The zero-order valence-corrected chi connectivity index (χ0v) is 8.92. The third-order valence-corrected chi connectivity index (χ3v) is 3.60. The molecule has 0 amide bonds. The first kappa shape index (κ1) is 9.47. The van der Waals surface area contributed by atoms with Gasteiger partial charge in [-0.05, 0) is 31.7 Å². The van der Waals surface area contributed by atoms with Gasteiger partial charge in [0.15, 0.2) is 0 Å². The minimum Gasteiger partial charge on any atom is -0.311 e. The molecule has 0 aromatic rings. The molecule has 0 spiro atoms. The number of nitrogens with zero attached hydrogens (tertiary/aromatic N) is 1. The van der Waals surface area contributed by atoms with Crippen molar-refractivity contribution in [3.63, 3.8) is 0 Å². The molecular weight excluding hydrogens is 160 g/mol. The van der Waals surface area contributed by atoms with Crippen molar-refractivity contribution < 1.29 is 0 Å².